The van der Waals surface area contributed by atoms with Gasteiger partial charge in [0.2, 0.25) is 0 Å². The molecule has 11 rings (SSSR count). The van der Waals surface area contributed by atoms with Gasteiger partial charge in [0.15, 0.2) is 8.07 Å². The first-order valence-corrected chi connectivity index (χ1v) is 21.7. The Kier molecular flexibility index (Phi) is 7.87. The van der Waals surface area contributed by atoms with Gasteiger partial charge in [-0.1, -0.05) is 194 Å². The minimum absolute atomic E-state index is 1.13. The predicted octanol–water partition coefficient (Wildman–Crippen LogP) is 10.9. The lowest BCUT2D eigenvalue weighted by Crippen LogP contribution is -2.74. The summed E-state index contributed by atoms with van der Waals surface area (Å²) < 4.78 is 4.97. The van der Waals surface area contributed by atoms with Gasteiger partial charge in [-0.15, -0.1) is 0 Å². The normalized spacial score (nSPS) is 11.9. The van der Waals surface area contributed by atoms with E-state index in [2.05, 4.69) is 240 Å². The Morgan fingerprint density at radius 2 is 0.789 bits per heavy atom. The molecule has 9 aromatic carbocycles. The molecule has 0 bridgehead atoms. The summed E-state index contributed by atoms with van der Waals surface area (Å²) in [6, 6.07) is 85.3. The molecule has 268 valence electrons. The van der Waals surface area contributed by atoms with Gasteiger partial charge in [0.05, 0.1) is 22.1 Å². The number of rotatable bonds is 7. The van der Waals surface area contributed by atoms with Crippen LogP contribution in [0.15, 0.2) is 231 Å². The summed E-state index contributed by atoms with van der Waals surface area (Å²) in [5.74, 6) is 0. The highest BCUT2D eigenvalue weighted by atomic mass is 28.3. The number of fused-ring (bicyclic) bond motifs is 6. The Hall–Kier alpha value is -7.20. The summed E-state index contributed by atoms with van der Waals surface area (Å²) in [7, 11) is -2.93. The smallest absolute Gasteiger partial charge is 0.180 e. The van der Waals surface area contributed by atoms with E-state index in [1.807, 2.05) is 0 Å². The van der Waals surface area contributed by atoms with Crippen LogP contribution in [0.3, 0.4) is 0 Å². The van der Waals surface area contributed by atoms with Gasteiger partial charge >= 0.3 is 0 Å². The standard InChI is InChI=1S/C54H38N2Si/c1-6-20-39(21-7-1)45-36-37-52(57(42-24-10-3-11-25-42,43-26-12-4-13-27-43)44-28-14-5-15-29-44)53-48-31-17-19-33-50(48)56(54(45)53)41-34-35-47-46-30-16-18-32-49(46)55(51(47)38-41)40-22-8-2-9-23-40/h1-38H. The topological polar surface area (TPSA) is 9.86 Å². The fourth-order valence-electron chi connectivity index (χ4n) is 9.51. The number of para-hydroxylation sites is 3. The molecule has 0 atom stereocenters. The summed E-state index contributed by atoms with van der Waals surface area (Å²) in [4.78, 5) is 0. The van der Waals surface area contributed by atoms with Crippen molar-refractivity contribution < 1.29 is 0 Å². The molecule has 2 heterocycles. The van der Waals surface area contributed by atoms with Gasteiger partial charge < -0.3 is 9.13 Å². The first-order valence-electron chi connectivity index (χ1n) is 19.7. The van der Waals surface area contributed by atoms with E-state index in [1.54, 1.807) is 0 Å². The van der Waals surface area contributed by atoms with Gasteiger partial charge in [0.25, 0.3) is 0 Å². The Balaban J connectivity index is 1.33. The van der Waals surface area contributed by atoms with Crippen LogP contribution in [0.4, 0.5) is 0 Å². The van der Waals surface area contributed by atoms with E-state index in [0.717, 1.165) is 11.4 Å². The summed E-state index contributed by atoms with van der Waals surface area (Å²) in [6.07, 6.45) is 0. The molecule has 0 radical (unpaired) electrons. The molecule has 0 saturated carbocycles. The Morgan fingerprint density at radius 1 is 0.316 bits per heavy atom. The van der Waals surface area contributed by atoms with Gasteiger partial charge in [-0.05, 0) is 62.7 Å². The number of benzene rings is 9. The van der Waals surface area contributed by atoms with Crippen LogP contribution in [0.5, 0.6) is 0 Å². The molecule has 57 heavy (non-hydrogen) atoms. The van der Waals surface area contributed by atoms with Crippen molar-refractivity contribution in [3.05, 3.63) is 231 Å². The van der Waals surface area contributed by atoms with Crippen molar-refractivity contribution in [3.8, 4) is 22.5 Å². The number of nitrogens with zero attached hydrogens (tertiary/aromatic N) is 2. The molecule has 0 N–H and O–H groups in total. The fraction of sp³-hybridized carbons (Fsp3) is 0. The molecule has 11 aromatic rings. The van der Waals surface area contributed by atoms with Crippen LogP contribution >= 0.6 is 0 Å². The van der Waals surface area contributed by atoms with E-state index >= 15 is 0 Å². The zero-order chi connectivity index (χ0) is 37.8. The van der Waals surface area contributed by atoms with E-state index in [1.165, 1.54) is 75.5 Å². The average Bonchev–Trinajstić information content (AvgIpc) is 3.82. The minimum Gasteiger partial charge on any atom is -0.309 e. The highest BCUT2D eigenvalue weighted by molar-refractivity contribution is 7.20. The van der Waals surface area contributed by atoms with E-state index in [4.69, 9.17) is 0 Å². The molecule has 0 saturated heterocycles. The van der Waals surface area contributed by atoms with Crippen molar-refractivity contribution in [1.82, 2.24) is 9.13 Å². The SMILES string of the molecule is c1ccc(-c2ccc([Si](c3ccccc3)(c3ccccc3)c3ccccc3)c3c4ccccc4n(-c4ccc5c6ccccc6n(-c6ccccc6)c5c4)c23)cc1. The lowest BCUT2D eigenvalue weighted by atomic mass is 10.0. The Morgan fingerprint density at radius 3 is 1.39 bits per heavy atom. The number of hydrogen-bond donors (Lipinski definition) is 0. The lowest BCUT2D eigenvalue weighted by molar-refractivity contribution is 1.15. The molecule has 0 aliphatic rings. The molecule has 2 nitrogen and oxygen atoms in total. The summed E-state index contributed by atoms with van der Waals surface area (Å²) in [5, 5.41) is 10.5. The second-order valence-electron chi connectivity index (χ2n) is 14.8. The molecular weight excluding hydrogens is 705 g/mol. The monoisotopic (exact) mass is 742 g/mol. The third-order valence-corrected chi connectivity index (χ3v) is 16.7. The first-order chi connectivity index (χ1) is 28.3. The van der Waals surface area contributed by atoms with Gasteiger partial charge in [0, 0.05) is 38.5 Å². The lowest BCUT2D eigenvalue weighted by Gasteiger charge is -2.35. The third kappa shape index (κ3) is 5.10. The van der Waals surface area contributed by atoms with Gasteiger partial charge in [0.1, 0.15) is 0 Å². The Bertz CT molecular complexity index is 3110. The molecule has 0 amide bonds. The molecule has 0 unspecified atom stereocenters. The van der Waals surface area contributed by atoms with Crippen molar-refractivity contribution in [3.63, 3.8) is 0 Å². The largest absolute Gasteiger partial charge is 0.309 e. The van der Waals surface area contributed by atoms with Crippen molar-refractivity contribution in [2.45, 2.75) is 0 Å². The molecular formula is C54H38N2Si. The van der Waals surface area contributed by atoms with E-state index < -0.39 is 8.07 Å². The molecule has 0 fully saturated rings. The van der Waals surface area contributed by atoms with E-state index in [9.17, 15) is 0 Å². The van der Waals surface area contributed by atoms with Gasteiger partial charge in [-0.2, -0.15) is 0 Å². The van der Waals surface area contributed by atoms with E-state index in [0.29, 0.717) is 0 Å². The molecule has 0 spiro atoms. The average molecular weight is 743 g/mol. The van der Waals surface area contributed by atoms with Crippen LogP contribution in [0.2, 0.25) is 0 Å². The maximum atomic E-state index is 2.54. The second kappa shape index (κ2) is 13.5. The molecule has 3 heteroatoms. The van der Waals surface area contributed by atoms with Crippen LogP contribution in [0, 0.1) is 0 Å². The fourth-order valence-corrected chi connectivity index (χ4v) is 14.5. The van der Waals surface area contributed by atoms with Gasteiger partial charge in [-0.3, -0.25) is 0 Å². The van der Waals surface area contributed by atoms with Crippen LogP contribution in [0.25, 0.3) is 66.1 Å². The zero-order valence-corrected chi connectivity index (χ0v) is 32.3. The molecule has 0 aliphatic carbocycles. The summed E-state index contributed by atoms with van der Waals surface area (Å²) >= 11 is 0. The maximum absolute atomic E-state index is 2.93. The summed E-state index contributed by atoms with van der Waals surface area (Å²) in [6.45, 7) is 0. The summed E-state index contributed by atoms with van der Waals surface area (Å²) in [5.41, 5.74) is 9.50. The van der Waals surface area contributed by atoms with Crippen molar-refractivity contribution in [2.75, 3.05) is 0 Å². The quantitative estimate of drug-likeness (QED) is 0.114. The first kappa shape index (κ1) is 33.2. The van der Waals surface area contributed by atoms with Crippen LogP contribution < -0.4 is 20.7 Å². The number of aromatic nitrogens is 2. The van der Waals surface area contributed by atoms with Gasteiger partial charge in [-0.25, -0.2) is 0 Å². The zero-order valence-electron chi connectivity index (χ0n) is 31.3. The minimum atomic E-state index is -2.93. The van der Waals surface area contributed by atoms with Crippen molar-refractivity contribution >= 4 is 72.4 Å². The molecule has 2 aromatic heterocycles. The van der Waals surface area contributed by atoms with Crippen LogP contribution in [0.1, 0.15) is 0 Å². The predicted molar refractivity (Wildman–Crippen MR) is 244 cm³/mol. The van der Waals surface area contributed by atoms with Crippen LogP contribution in [-0.4, -0.2) is 17.2 Å². The van der Waals surface area contributed by atoms with Crippen molar-refractivity contribution in [2.24, 2.45) is 0 Å². The highest BCUT2D eigenvalue weighted by Gasteiger charge is 2.43. The Labute approximate surface area is 333 Å². The third-order valence-electron chi connectivity index (χ3n) is 11.9. The molecule has 0 aliphatic heterocycles. The number of hydrogen-bond acceptors (Lipinski definition) is 0. The van der Waals surface area contributed by atoms with Crippen LogP contribution in [-0.2, 0) is 0 Å². The maximum Gasteiger partial charge on any atom is 0.180 e. The second-order valence-corrected chi connectivity index (χ2v) is 18.6. The van der Waals surface area contributed by atoms with E-state index in [-0.39, 0.29) is 0 Å². The van der Waals surface area contributed by atoms with Crippen molar-refractivity contribution in [1.29, 1.82) is 0 Å². The highest BCUT2D eigenvalue weighted by Crippen LogP contribution is 2.40.